The van der Waals surface area contributed by atoms with Crippen LogP contribution < -0.4 is 10.1 Å². The molecule has 0 amide bonds. The van der Waals surface area contributed by atoms with Gasteiger partial charge >= 0.3 is 0 Å². The second-order valence-electron chi connectivity index (χ2n) is 4.88. The van der Waals surface area contributed by atoms with E-state index in [1.165, 1.54) is 5.56 Å². The van der Waals surface area contributed by atoms with E-state index in [1.807, 2.05) is 31.2 Å². The Hall–Kier alpha value is -2.16. The normalized spacial score (nSPS) is 11.9. The van der Waals surface area contributed by atoms with Crippen molar-refractivity contribution in [1.82, 2.24) is 0 Å². The van der Waals surface area contributed by atoms with Crippen molar-refractivity contribution in [3.8, 4) is 11.5 Å². The van der Waals surface area contributed by atoms with Crippen LogP contribution in [0.2, 0.25) is 0 Å². The second-order valence-corrected chi connectivity index (χ2v) is 4.88. The predicted octanol–water partition coefficient (Wildman–Crippen LogP) is 4.27. The largest absolute Gasteiger partial charge is 0.508 e. The number of ether oxygens (including phenoxy) is 1. The monoisotopic (exact) mass is 271 g/mol. The van der Waals surface area contributed by atoms with Crippen molar-refractivity contribution in [2.75, 3.05) is 12.4 Å². The summed E-state index contributed by atoms with van der Waals surface area (Å²) in [6.45, 7) is 4.05. The van der Waals surface area contributed by atoms with Crippen molar-refractivity contribution in [3.63, 3.8) is 0 Å². The average molecular weight is 271 g/mol. The van der Waals surface area contributed by atoms with Crippen LogP contribution in [0.25, 0.3) is 0 Å². The first-order valence-corrected chi connectivity index (χ1v) is 6.84. The molecule has 0 radical (unpaired) electrons. The summed E-state index contributed by atoms with van der Waals surface area (Å²) >= 11 is 0. The van der Waals surface area contributed by atoms with Crippen LogP contribution in [0.15, 0.2) is 42.5 Å². The molecular formula is C17H21NO2. The van der Waals surface area contributed by atoms with Gasteiger partial charge in [-0.15, -0.1) is 0 Å². The first-order valence-electron chi connectivity index (χ1n) is 6.84. The number of benzene rings is 2. The van der Waals surface area contributed by atoms with E-state index < -0.39 is 0 Å². The van der Waals surface area contributed by atoms with E-state index >= 15 is 0 Å². The van der Waals surface area contributed by atoms with E-state index in [0.29, 0.717) is 5.75 Å². The van der Waals surface area contributed by atoms with Crippen molar-refractivity contribution in [3.05, 3.63) is 53.6 Å². The summed E-state index contributed by atoms with van der Waals surface area (Å²) in [6, 6.07) is 13.9. The van der Waals surface area contributed by atoms with E-state index in [0.717, 1.165) is 23.4 Å². The van der Waals surface area contributed by atoms with E-state index in [1.54, 1.807) is 13.2 Å². The Labute approximate surface area is 120 Å². The molecule has 2 aromatic rings. The van der Waals surface area contributed by atoms with Gasteiger partial charge in [0.25, 0.3) is 0 Å². The molecular weight excluding hydrogens is 250 g/mol. The van der Waals surface area contributed by atoms with E-state index in [-0.39, 0.29) is 6.04 Å². The Bertz CT molecular complexity index is 564. The van der Waals surface area contributed by atoms with Crippen LogP contribution in [-0.2, 0) is 0 Å². The molecule has 2 aromatic carbocycles. The fraction of sp³-hybridized carbons (Fsp3) is 0.294. The molecule has 3 nitrogen and oxygen atoms in total. The van der Waals surface area contributed by atoms with Gasteiger partial charge in [0, 0.05) is 5.69 Å². The lowest BCUT2D eigenvalue weighted by Crippen LogP contribution is -2.09. The molecule has 0 spiro atoms. The molecule has 2 N–H and O–H groups in total. The third-order valence-corrected chi connectivity index (χ3v) is 3.46. The molecule has 0 saturated heterocycles. The van der Waals surface area contributed by atoms with Gasteiger partial charge in [0.1, 0.15) is 11.5 Å². The molecule has 20 heavy (non-hydrogen) atoms. The van der Waals surface area contributed by atoms with E-state index in [9.17, 15) is 5.11 Å². The van der Waals surface area contributed by atoms with E-state index in [2.05, 4.69) is 24.4 Å². The summed E-state index contributed by atoms with van der Waals surface area (Å²) < 4.78 is 5.18. The molecule has 0 bridgehead atoms. The fourth-order valence-corrected chi connectivity index (χ4v) is 2.20. The molecule has 0 aliphatic carbocycles. The molecule has 0 heterocycles. The Balaban J connectivity index is 2.16. The first kappa shape index (κ1) is 14.3. The average Bonchev–Trinajstić information content (AvgIpc) is 2.48. The zero-order valence-corrected chi connectivity index (χ0v) is 12.2. The number of aryl methyl sites for hydroxylation is 1. The van der Waals surface area contributed by atoms with Crippen LogP contribution in [0.1, 0.15) is 30.5 Å². The van der Waals surface area contributed by atoms with Gasteiger partial charge in [-0.25, -0.2) is 0 Å². The number of phenolic OH excluding ortho intramolecular Hbond substituents is 1. The maximum absolute atomic E-state index is 9.57. The molecule has 0 aliphatic heterocycles. The summed E-state index contributed by atoms with van der Waals surface area (Å²) in [5, 5.41) is 13.1. The maximum Gasteiger partial charge on any atom is 0.118 e. The zero-order valence-electron chi connectivity index (χ0n) is 12.2. The predicted molar refractivity (Wildman–Crippen MR) is 82.5 cm³/mol. The van der Waals surface area contributed by atoms with Gasteiger partial charge in [-0.1, -0.05) is 19.1 Å². The highest BCUT2D eigenvalue weighted by atomic mass is 16.5. The number of methoxy groups -OCH3 is 1. The van der Waals surface area contributed by atoms with Gasteiger partial charge in [0.15, 0.2) is 0 Å². The summed E-state index contributed by atoms with van der Waals surface area (Å²) in [7, 11) is 1.67. The van der Waals surface area contributed by atoms with E-state index in [4.69, 9.17) is 4.74 Å². The van der Waals surface area contributed by atoms with Crippen molar-refractivity contribution < 1.29 is 9.84 Å². The highest BCUT2D eigenvalue weighted by Gasteiger charge is 2.10. The molecule has 0 aliphatic rings. The third-order valence-electron chi connectivity index (χ3n) is 3.46. The highest BCUT2D eigenvalue weighted by Crippen LogP contribution is 2.27. The number of phenols is 1. The molecule has 0 fully saturated rings. The summed E-state index contributed by atoms with van der Waals surface area (Å²) in [6.07, 6.45) is 0.978. The number of anilines is 1. The highest BCUT2D eigenvalue weighted by molar-refractivity contribution is 5.51. The molecule has 2 rings (SSSR count). The Morgan fingerprint density at radius 3 is 2.40 bits per heavy atom. The quantitative estimate of drug-likeness (QED) is 0.798. The second kappa shape index (κ2) is 6.33. The summed E-state index contributed by atoms with van der Waals surface area (Å²) in [5.74, 6) is 1.19. The fourth-order valence-electron chi connectivity index (χ4n) is 2.20. The molecule has 1 unspecified atom stereocenters. The van der Waals surface area contributed by atoms with Crippen molar-refractivity contribution in [1.29, 1.82) is 0 Å². The van der Waals surface area contributed by atoms with Crippen molar-refractivity contribution >= 4 is 5.69 Å². The Kier molecular flexibility index (Phi) is 4.51. The smallest absolute Gasteiger partial charge is 0.118 e. The van der Waals surface area contributed by atoms with Crippen molar-refractivity contribution in [2.45, 2.75) is 26.3 Å². The zero-order chi connectivity index (χ0) is 14.5. The molecule has 0 saturated carbocycles. The van der Waals surface area contributed by atoms with Gasteiger partial charge in [0.2, 0.25) is 0 Å². The number of aromatic hydroxyl groups is 1. The number of hydrogen-bond donors (Lipinski definition) is 2. The first-order chi connectivity index (χ1) is 9.63. The van der Waals surface area contributed by atoms with Crippen molar-refractivity contribution in [2.24, 2.45) is 0 Å². The van der Waals surface area contributed by atoms with Gasteiger partial charge in [-0.05, 0) is 54.8 Å². The molecule has 0 aromatic heterocycles. The van der Waals surface area contributed by atoms with Crippen LogP contribution in [0, 0.1) is 6.92 Å². The van der Waals surface area contributed by atoms with Gasteiger partial charge < -0.3 is 15.2 Å². The summed E-state index contributed by atoms with van der Waals surface area (Å²) in [5.41, 5.74) is 3.11. The van der Waals surface area contributed by atoms with Crippen LogP contribution in [0.4, 0.5) is 5.69 Å². The summed E-state index contributed by atoms with van der Waals surface area (Å²) in [4.78, 5) is 0. The number of nitrogens with one attached hydrogen (secondary N) is 1. The lowest BCUT2D eigenvalue weighted by Gasteiger charge is -2.19. The van der Waals surface area contributed by atoms with Crippen LogP contribution in [0.5, 0.6) is 11.5 Å². The minimum absolute atomic E-state index is 0.241. The lowest BCUT2D eigenvalue weighted by molar-refractivity contribution is 0.414. The van der Waals surface area contributed by atoms with Gasteiger partial charge in [-0.3, -0.25) is 0 Å². The van der Waals surface area contributed by atoms with Crippen LogP contribution in [0.3, 0.4) is 0 Å². The number of hydrogen-bond acceptors (Lipinski definition) is 3. The minimum Gasteiger partial charge on any atom is -0.508 e. The lowest BCUT2D eigenvalue weighted by atomic mass is 10.0. The molecule has 106 valence electrons. The molecule has 1 atom stereocenters. The SMILES string of the molecule is CCC(Nc1ccc(O)c(C)c1)c1ccc(OC)cc1. The molecule has 3 heteroatoms. The van der Waals surface area contributed by atoms with Gasteiger partial charge in [0.05, 0.1) is 13.2 Å². The topological polar surface area (TPSA) is 41.5 Å². The van der Waals surface area contributed by atoms with Crippen LogP contribution >= 0.6 is 0 Å². The maximum atomic E-state index is 9.57. The Morgan fingerprint density at radius 1 is 1.15 bits per heavy atom. The standard InChI is InChI=1S/C17H21NO2/c1-4-16(13-5-8-15(20-3)9-6-13)18-14-7-10-17(19)12(2)11-14/h5-11,16,18-19H,4H2,1-3H3. The minimum atomic E-state index is 0.241. The number of rotatable bonds is 5. The third kappa shape index (κ3) is 3.23. The van der Waals surface area contributed by atoms with Crippen LogP contribution in [-0.4, -0.2) is 12.2 Å². The van der Waals surface area contributed by atoms with Gasteiger partial charge in [-0.2, -0.15) is 0 Å². The Morgan fingerprint density at radius 2 is 1.85 bits per heavy atom.